The molecule has 0 spiro atoms. The van der Waals surface area contributed by atoms with Crippen molar-refractivity contribution in [2.24, 2.45) is 0 Å². The topological polar surface area (TPSA) is 49.8 Å². The molecule has 1 heterocycles. The van der Waals surface area contributed by atoms with Crippen LogP contribution in [0, 0.1) is 6.92 Å². The van der Waals surface area contributed by atoms with Gasteiger partial charge in [0.2, 0.25) is 0 Å². The highest BCUT2D eigenvalue weighted by molar-refractivity contribution is 5.65. The molecule has 86 valence electrons. The number of rotatable bonds is 2. The Bertz CT molecular complexity index is 374. The van der Waals surface area contributed by atoms with Crippen LogP contribution in [0.5, 0.6) is 5.75 Å². The number of amides is 1. The number of hydrogen-bond donors (Lipinski definition) is 1. The standard InChI is InChI=1S/C12H15NO3/c1-9-2-4-10(5-3-9)16-11-6-7-13(8-11)12(14)15/h2-5,11H,6-8H2,1H3,(H,14,15)/t11-/m0/s1. The Balaban J connectivity index is 1.92. The molecule has 0 aromatic heterocycles. The van der Waals surface area contributed by atoms with Crippen LogP contribution in [-0.4, -0.2) is 35.3 Å². The van der Waals surface area contributed by atoms with Crippen molar-refractivity contribution >= 4 is 6.09 Å². The van der Waals surface area contributed by atoms with Crippen LogP contribution in [0.1, 0.15) is 12.0 Å². The van der Waals surface area contributed by atoms with E-state index in [1.807, 2.05) is 31.2 Å². The number of ether oxygens (including phenoxy) is 1. The van der Waals surface area contributed by atoms with Gasteiger partial charge in [0.05, 0.1) is 6.54 Å². The van der Waals surface area contributed by atoms with Gasteiger partial charge in [0.25, 0.3) is 0 Å². The summed E-state index contributed by atoms with van der Waals surface area (Å²) in [4.78, 5) is 12.1. The van der Waals surface area contributed by atoms with Gasteiger partial charge in [-0.05, 0) is 19.1 Å². The van der Waals surface area contributed by atoms with Gasteiger partial charge in [0, 0.05) is 13.0 Å². The van der Waals surface area contributed by atoms with Crippen LogP contribution in [-0.2, 0) is 0 Å². The Kier molecular flexibility index (Phi) is 2.99. The van der Waals surface area contributed by atoms with E-state index in [0.717, 1.165) is 12.2 Å². The van der Waals surface area contributed by atoms with Crippen LogP contribution < -0.4 is 4.74 Å². The van der Waals surface area contributed by atoms with Crippen molar-refractivity contribution in [3.8, 4) is 5.75 Å². The van der Waals surface area contributed by atoms with Crippen LogP contribution >= 0.6 is 0 Å². The summed E-state index contributed by atoms with van der Waals surface area (Å²) in [5.74, 6) is 0.808. The third kappa shape index (κ3) is 2.45. The Hall–Kier alpha value is -1.71. The summed E-state index contributed by atoms with van der Waals surface area (Å²) in [6, 6.07) is 7.80. The minimum Gasteiger partial charge on any atom is -0.489 e. The smallest absolute Gasteiger partial charge is 0.407 e. The molecule has 1 aromatic carbocycles. The third-order valence-electron chi connectivity index (χ3n) is 2.74. The van der Waals surface area contributed by atoms with Gasteiger partial charge in [-0.3, -0.25) is 0 Å². The summed E-state index contributed by atoms with van der Waals surface area (Å²) in [5, 5.41) is 8.80. The van der Waals surface area contributed by atoms with Gasteiger partial charge in [-0.2, -0.15) is 0 Å². The average Bonchev–Trinajstić information content (AvgIpc) is 2.70. The van der Waals surface area contributed by atoms with Crippen molar-refractivity contribution in [2.75, 3.05) is 13.1 Å². The third-order valence-corrected chi connectivity index (χ3v) is 2.74. The van der Waals surface area contributed by atoms with E-state index in [4.69, 9.17) is 9.84 Å². The number of carbonyl (C=O) groups is 1. The molecule has 1 amide bonds. The van der Waals surface area contributed by atoms with Crippen LogP contribution in [0.25, 0.3) is 0 Å². The zero-order chi connectivity index (χ0) is 11.5. The predicted octanol–water partition coefficient (Wildman–Crippen LogP) is 2.13. The summed E-state index contributed by atoms with van der Waals surface area (Å²) in [6.45, 7) is 3.04. The van der Waals surface area contributed by atoms with Gasteiger partial charge in [0.1, 0.15) is 11.9 Å². The monoisotopic (exact) mass is 221 g/mol. The highest BCUT2D eigenvalue weighted by atomic mass is 16.5. The van der Waals surface area contributed by atoms with E-state index in [2.05, 4.69) is 0 Å². The van der Waals surface area contributed by atoms with Gasteiger partial charge >= 0.3 is 6.09 Å². The fourth-order valence-electron chi connectivity index (χ4n) is 1.81. The molecule has 4 nitrogen and oxygen atoms in total. The molecule has 0 unspecified atom stereocenters. The first kappa shape index (κ1) is 10.8. The van der Waals surface area contributed by atoms with E-state index < -0.39 is 6.09 Å². The maximum Gasteiger partial charge on any atom is 0.407 e. The zero-order valence-corrected chi connectivity index (χ0v) is 9.22. The van der Waals surface area contributed by atoms with E-state index in [-0.39, 0.29) is 6.10 Å². The van der Waals surface area contributed by atoms with Crippen LogP contribution in [0.15, 0.2) is 24.3 Å². The molecule has 1 atom stereocenters. The molecule has 0 aliphatic carbocycles. The fourth-order valence-corrected chi connectivity index (χ4v) is 1.81. The van der Waals surface area contributed by atoms with E-state index in [1.54, 1.807) is 0 Å². The van der Waals surface area contributed by atoms with Gasteiger partial charge in [-0.25, -0.2) is 4.79 Å². The maximum absolute atomic E-state index is 10.7. The van der Waals surface area contributed by atoms with Crippen LogP contribution in [0.3, 0.4) is 0 Å². The molecule has 1 fully saturated rings. The van der Waals surface area contributed by atoms with E-state index in [0.29, 0.717) is 13.1 Å². The summed E-state index contributed by atoms with van der Waals surface area (Å²) >= 11 is 0. The molecule has 0 bridgehead atoms. The highest BCUT2D eigenvalue weighted by Gasteiger charge is 2.27. The number of aryl methyl sites for hydroxylation is 1. The van der Waals surface area contributed by atoms with Gasteiger partial charge in [-0.1, -0.05) is 17.7 Å². The molecule has 1 aliphatic heterocycles. The molecule has 16 heavy (non-hydrogen) atoms. The van der Waals surface area contributed by atoms with Crippen LogP contribution in [0.4, 0.5) is 4.79 Å². The van der Waals surface area contributed by atoms with E-state index >= 15 is 0 Å². The number of likely N-dealkylation sites (tertiary alicyclic amines) is 1. The lowest BCUT2D eigenvalue weighted by Gasteiger charge is -2.14. The molecule has 1 N–H and O–H groups in total. The largest absolute Gasteiger partial charge is 0.489 e. The van der Waals surface area contributed by atoms with Gasteiger partial charge in [0.15, 0.2) is 0 Å². The van der Waals surface area contributed by atoms with Crippen molar-refractivity contribution in [2.45, 2.75) is 19.4 Å². The van der Waals surface area contributed by atoms with Crippen molar-refractivity contribution in [1.29, 1.82) is 0 Å². The molecule has 0 radical (unpaired) electrons. The molecule has 1 saturated heterocycles. The SMILES string of the molecule is Cc1ccc(O[C@H]2CCN(C(=O)O)C2)cc1. The van der Waals surface area contributed by atoms with Gasteiger partial charge < -0.3 is 14.7 Å². The Labute approximate surface area is 94.4 Å². The molecule has 0 saturated carbocycles. The second kappa shape index (κ2) is 4.43. The summed E-state index contributed by atoms with van der Waals surface area (Å²) in [5.41, 5.74) is 1.19. The lowest BCUT2D eigenvalue weighted by molar-refractivity contribution is 0.145. The number of nitrogens with zero attached hydrogens (tertiary/aromatic N) is 1. The second-order valence-corrected chi connectivity index (χ2v) is 4.07. The number of hydrogen-bond acceptors (Lipinski definition) is 2. The highest BCUT2D eigenvalue weighted by Crippen LogP contribution is 2.18. The van der Waals surface area contributed by atoms with Crippen LogP contribution in [0.2, 0.25) is 0 Å². The lowest BCUT2D eigenvalue weighted by atomic mass is 10.2. The first-order valence-electron chi connectivity index (χ1n) is 5.36. The normalized spacial score (nSPS) is 19.8. The summed E-state index contributed by atoms with van der Waals surface area (Å²) in [7, 11) is 0. The quantitative estimate of drug-likeness (QED) is 0.832. The minimum atomic E-state index is -0.866. The molecule has 1 aliphatic rings. The van der Waals surface area contributed by atoms with Crippen molar-refractivity contribution in [3.63, 3.8) is 0 Å². The molecule has 4 heteroatoms. The van der Waals surface area contributed by atoms with E-state index in [9.17, 15) is 4.79 Å². The van der Waals surface area contributed by atoms with Gasteiger partial charge in [-0.15, -0.1) is 0 Å². The maximum atomic E-state index is 10.7. The molecular formula is C12H15NO3. The Morgan fingerprint density at radius 1 is 1.44 bits per heavy atom. The summed E-state index contributed by atoms with van der Waals surface area (Å²) in [6.07, 6.45) is -0.117. The minimum absolute atomic E-state index is 0.0150. The van der Waals surface area contributed by atoms with E-state index in [1.165, 1.54) is 10.5 Å². The molecule has 2 rings (SSSR count). The van der Waals surface area contributed by atoms with Crippen molar-refractivity contribution in [1.82, 2.24) is 4.90 Å². The predicted molar refractivity (Wildman–Crippen MR) is 59.8 cm³/mol. The average molecular weight is 221 g/mol. The number of carboxylic acid groups (broad SMARTS) is 1. The molecular weight excluding hydrogens is 206 g/mol. The lowest BCUT2D eigenvalue weighted by Crippen LogP contribution is -2.29. The summed E-state index contributed by atoms with van der Waals surface area (Å²) < 4.78 is 5.71. The van der Waals surface area contributed by atoms with Crippen molar-refractivity contribution in [3.05, 3.63) is 29.8 Å². The first-order chi connectivity index (χ1) is 7.65. The second-order valence-electron chi connectivity index (χ2n) is 4.07. The number of benzene rings is 1. The fraction of sp³-hybridized carbons (Fsp3) is 0.417. The molecule has 1 aromatic rings. The van der Waals surface area contributed by atoms with Crippen molar-refractivity contribution < 1.29 is 14.6 Å². The Morgan fingerprint density at radius 2 is 2.12 bits per heavy atom. The first-order valence-corrected chi connectivity index (χ1v) is 5.36. The Morgan fingerprint density at radius 3 is 2.69 bits per heavy atom. The zero-order valence-electron chi connectivity index (χ0n) is 9.22.